The molecule has 2 heterocycles. The Morgan fingerprint density at radius 2 is 1.29 bits per heavy atom. The molecule has 26 heteroatoms. The van der Waals surface area contributed by atoms with Crippen LogP contribution in [0.2, 0.25) is 0 Å². The molecule has 2 aliphatic rings. The van der Waals surface area contributed by atoms with Crippen LogP contribution < -0.4 is 26.6 Å². The van der Waals surface area contributed by atoms with E-state index in [1.165, 1.54) is 19.1 Å². The first-order valence-corrected chi connectivity index (χ1v) is 35.1. The molecule has 0 radical (unpaired) electrons. The molecule has 0 saturated carbocycles. The fourth-order valence-corrected chi connectivity index (χ4v) is 12.7. The molecule has 8 amide bonds. The van der Waals surface area contributed by atoms with Crippen LogP contribution in [0.4, 0.5) is 0 Å². The predicted molar refractivity (Wildman–Crippen MR) is 372 cm³/mol. The summed E-state index contributed by atoms with van der Waals surface area (Å²) in [5.74, 6) is -6.83. The first-order chi connectivity index (χ1) is 46.5. The molecule has 98 heavy (non-hydrogen) atoms. The highest BCUT2D eigenvalue weighted by atomic mass is 16.6. The van der Waals surface area contributed by atoms with Crippen molar-refractivity contribution in [3.05, 3.63) is 35.9 Å². The Kier molecular flexibility index (Phi) is 36.1. The molecular weight excluding hydrogens is 1260 g/mol. The van der Waals surface area contributed by atoms with Gasteiger partial charge in [-0.05, 0) is 111 Å². The molecule has 0 spiro atoms. The van der Waals surface area contributed by atoms with Crippen molar-refractivity contribution in [3.8, 4) is 0 Å². The number of likely N-dealkylation sites (N-methyl/N-ethyl adjacent to an activating group) is 2. The van der Waals surface area contributed by atoms with Crippen LogP contribution in [0.25, 0.3) is 0 Å². The monoisotopic (exact) mass is 1390 g/mol. The van der Waals surface area contributed by atoms with Gasteiger partial charge < -0.3 is 74.4 Å². The smallest absolute Gasteiger partial charge is 0.329 e. The number of methoxy groups -OCH3 is 2. The molecule has 1 aromatic carbocycles. The number of ether oxygens (including phenoxy) is 7. The number of nitrogens with zero attached hydrogens (tertiary/aromatic N) is 4. The molecule has 3 rings (SSSR count). The highest BCUT2D eigenvalue weighted by Crippen LogP contribution is 2.31. The third kappa shape index (κ3) is 27.7. The number of hydrogen-bond acceptors (Lipinski definition) is 18. The largest absolute Gasteiger partial charge is 0.460 e. The summed E-state index contributed by atoms with van der Waals surface area (Å²) in [6.45, 7) is 27.3. The number of rotatable bonds is 43. The number of hydrogen-bond donors (Lipinski definition) is 5. The van der Waals surface area contributed by atoms with Crippen LogP contribution in [-0.2, 0) is 87.5 Å². The number of benzene rings is 1. The maximum atomic E-state index is 14.7. The summed E-state index contributed by atoms with van der Waals surface area (Å²) < 4.78 is 47.0. The number of carbonyl (C=O) groups excluding carboxylic acids is 10. The normalized spacial score (nSPS) is 18.3. The van der Waals surface area contributed by atoms with Crippen molar-refractivity contribution in [2.75, 3.05) is 94.6 Å². The van der Waals surface area contributed by atoms with Crippen LogP contribution in [0, 0.1) is 29.6 Å². The molecule has 0 aromatic heterocycles. The fraction of sp³-hybridized carbons (Fsp3) is 0.778. The van der Waals surface area contributed by atoms with Crippen LogP contribution in [0.5, 0.6) is 0 Å². The van der Waals surface area contributed by atoms with Gasteiger partial charge in [-0.2, -0.15) is 0 Å². The summed E-state index contributed by atoms with van der Waals surface area (Å²) >= 11 is 0. The summed E-state index contributed by atoms with van der Waals surface area (Å²) in [6, 6.07) is 2.16. The van der Waals surface area contributed by atoms with Gasteiger partial charge in [0.15, 0.2) is 0 Å². The lowest BCUT2D eigenvalue weighted by Crippen LogP contribution is -2.59. The van der Waals surface area contributed by atoms with Crippen LogP contribution in [0.3, 0.4) is 0 Å². The number of likely N-dealkylation sites (tertiary alicyclic amines) is 2. The summed E-state index contributed by atoms with van der Waals surface area (Å²) in [5, 5.41) is 14.4. The lowest BCUT2D eigenvalue weighted by atomic mass is 9.89. The van der Waals surface area contributed by atoms with Crippen molar-refractivity contribution in [1.29, 1.82) is 0 Å². The highest BCUT2D eigenvalue weighted by molar-refractivity contribution is 5.96. The van der Waals surface area contributed by atoms with Gasteiger partial charge in [-0.15, -0.1) is 0 Å². The zero-order valence-electron chi connectivity index (χ0n) is 63.4. The van der Waals surface area contributed by atoms with Crippen molar-refractivity contribution >= 4 is 59.2 Å². The van der Waals surface area contributed by atoms with E-state index in [0.717, 1.165) is 5.56 Å². The van der Waals surface area contributed by atoms with Gasteiger partial charge in [0.05, 0.1) is 82.1 Å². The molecule has 1 aromatic rings. The molecule has 0 unspecified atom stereocenters. The Morgan fingerprint density at radius 1 is 0.673 bits per heavy atom. The zero-order chi connectivity index (χ0) is 74.5. The van der Waals surface area contributed by atoms with Gasteiger partial charge >= 0.3 is 11.9 Å². The van der Waals surface area contributed by atoms with Gasteiger partial charge in [-0.1, -0.05) is 99.1 Å². The van der Waals surface area contributed by atoms with Gasteiger partial charge in [0.25, 0.3) is 0 Å². The van der Waals surface area contributed by atoms with Gasteiger partial charge in [-0.25, -0.2) is 4.79 Å². The Hall–Kier alpha value is -6.32. The number of amides is 8. The Bertz CT molecular complexity index is 2710. The molecule has 2 saturated heterocycles. The maximum Gasteiger partial charge on any atom is 0.329 e. The lowest BCUT2D eigenvalue weighted by molar-refractivity contribution is -0.162. The average Bonchev–Trinajstić information content (AvgIpc) is 1.78. The summed E-state index contributed by atoms with van der Waals surface area (Å²) in [6.07, 6.45) is 0.502. The quantitative estimate of drug-likeness (QED) is 0.0424. The third-order valence-electron chi connectivity index (χ3n) is 18.1. The number of nitrogens with one attached hydrogen (secondary N) is 5. The standard InChI is InChI=1S/C72H123N9O17/c1-21-48(9)62(79(18)69(90)59(45(3)4)76-67(88)61(47(7)8)78(16)17)55(92-19)44-57(83)80-35-26-30-53(80)63(93-20)49(10)64(85)75-51(42-50-28-24-23-25-29-50)65(86)73-34-33-72(14,15)98-70(91)60(46(5)6)77-66(87)54-31-27-36-81(54)68(89)52(43-58(84)97-71(11,12)13)74-56(82)32-37-95-40-41-96-39-38-94-22-2/h23-25,28-29,45-49,51-55,59-63H,21-22,26-27,30-44H2,1-20H3,(H,73,86)(H,74,82)(H,75,85)(H,76,88)(H,77,87)/t48-,49+,51-,52-,53-,54-,55+,59-,60-,61-,62-,63+/m0/s1/i2D. The van der Waals surface area contributed by atoms with E-state index in [9.17, 15) is 47.9 Å². The van der Waals surface area contributed by atoms with E-state index in [1.807, 2.05) is 90.9 Å². The molecular formula is C72H123N9O17. The SMILES string of the molecule is [2H]CCOCCOCCOCCC(=O)N[C@@H](CC(=O)OC(C)(C)C)C(=O)N1CCC[C@H]1C(=O)N[C@H](C(=O)OC(C)(C)CCNC(=O)[C@H](Cc1ccccc1)NC(=O)[C@H](C)[C@@H](OC)[C@@H]1CCCN1C(=O)C[C@@H](OC)[C@H]([C@@H](C)CC)N(C)C(=O)[C@@H](NC(=O)[C@H](C(C)C)N(C)C)C(C)C)C(C)C. The summed E-state index contributed by atoms with van der Waals surface area (Å²) in [4.78, 5) is 147. The van der Waals surface area contributed by atoms with E-state index < -0.39 is 131 Å². The predicted octanol–water partition coefficient (Wildman–Crippen LogP) is 5.00. The molecule has 0 aliphatic carbocycles. The van der Waals surface area contributed by atoms with Gasteiger partial charge in [-0.3, -0.25) is 48.1 Å². The van der Waals surface area contributed by atoms with Crippen LogP contribution in [-0.4, -0.2) is 245 Å². The van der Waals surface area contributed by atoms with E-state index in [0.29, 0.717) is 52.0 Å². The minimum atomic E-state index is -1.38. The van der Waals surface area contributed by atoms with Gasteiger partial charge in [0.1, 0.15) is 41.4 Å². The first kappa shape index (κ1) is 84.1. The van der Waals surface area contributed by atoms with Crippen molar-refractivity contribution in [1.82, 2.24) is 46.2 Å². The molecule has 2 fully saturated rings. The minimum absolute atomic E-state index is 0.00310. The molecule has 0 bridgehead atoms. The molecule has 558 valence electrons. The van der Waals surface area contributed by atoms with E-state index in [-0.39, 0.29) is 107 Å². The summed E-state index contributed by atoms with van der Waals surface area (Å²) in [7, 11) is 8.38. The molecule has 5 N–H and O–H groups in total. The lowest BCUT2D eigenvalue weighted by Gasteiger charge is -2.41. The van der Waals surface area contributed by atoms with Crippen molar-refractivity contribution in [3.63, 3.8) is 0 Å². The Labute approximate surface area is 585 Å². The van der Waals surface area contributed by atoms with Crippen molar-refractivity contribution in [2.24, 2.45) is 29.6 Å². The van der Waals surface area contributed by atoms with E-state index >= 15 is 0 Å². The topological polar surface area (TPSA) is 308 Å². The van der Waals surface area contributed by atoms with E-state index in [2.05, 4.69) is 26.6 Å². The third-order valence-corrected chi connectivity index (χ3v) is 18.1. The van der Waals surface area contributed by atoms with Crippen molar-refractivity contribution < 1.29 is 82.5 Å². The van der Waals surface area contributed by atoms with Crippen molar-refractivity contribution in [2.45, 2.75) is 240 Å². The number of carbonyl (C=O) groups is 10. The summed E-state index contributed by atoms with van der Waals surface area (Å²) in [5.41, 5.74) is -1.32. The minimum Gasteiger partial charge on any atom is -0.460 e. The Balaban J connectivity index is 1.73. The number of esters is 2. The van der Waals surface area contributed by atoms with E-state index in [1.54, 1.807) is 72.2 Å². The molecule has 26 nitrogen and oxygen atoms in total. The second kappa shape index (κ2) is 42.1. The van der Waals surface area contributed by atoms with Gasteiger partial charge in [0.2, 0.25) is 47.3 Å². The van der Waals surface area contributed by atoms with Crippen LogP contribution in [0.1, 0.15) is 169 Å². The second-order valence-electron chi connectivity index (χ2n) is 28.9. The highest BCUT2D eigenvalue weighted by Gasteiger charge is 2.45. The molecule has 2 aliphatic heterocycles. The fourth-order valence-electron chi connectivity index (χ4n) is 12.7. The average molecular weight is 1390 g/mol. The Morgan fingerprint density at radius 3 is 1.86 bits per heavy atom. The van der Waals surface area contributed by atoms with E-state index in [4.69, 9.17) is 34.5 Å². The maximum absolute atomic E-state index is 14.7. The zero-order valence-corrected chi connectivity index (χ0v) is 62.4. The van der Waals surface area contributed by atoms with Crippen LogP contribution >= 0.6 is 0 Å². The van der Waals surface area contributed by atoms with Gasteiger partial charge in [0, 0.05) is 68.1 Å². The second-order valence-corrected chi connectivity index (χ2v) is 28.9. The molecule has 12 atom stereocenters. The van der Waals surface area contributed by atoms with Crippen LogP contribution in [0.15, 0.2) is 30.3 Å². The first-order valence-electron chi connectivity index (χ1n) is 35.8.